The third kappa shape index (κ3) is 1.48. The van der Waals surface area contributed by atoms with E-state index in [4.69, 9.17) is 5.11 Å². The topological polar surface area (TPSA) is 40.5 Å². The number of hydrogen-bond acceptors (Lipinski definition) is 2. The lowest BCUT2D eigenvalue weighted by molar-refractivity contribution is -0.149. The molecule has 0 fully saturated rings. The van der Waals surface area contributed by atoms with Crippen molar-refractivity contribution in [2.75, 3.05) is 14.1 Å². The summed E-state index contributed by atoms with van der Waals surface area (Å²) in [7, 11) is 3.55. The van der Waals surface area contributed by atoms with Crippen LogP contribution in [-0.2, 0) is 4.79 Å². The Bertz CT molecular complexity index is 134. The first-order chi connectivity index (χ1) is 4.45. The second kappa shape index (κ2) is 3.01. The SMILES string of the molecule is CCC(C)(C(=O)O)N(C)C. The summed E-state index contributed by atoms with van der Waals surface area (Å²) in [6.45, 7) is 3.59. The molecule has 3 heteroatoms. The Morgan fingerprint density at radius 2 is 2.00 bits per heavy atom. The molecule has 0 aliphatic rings. The molecule has 3 nitrogen and oxygen atoms in total. The highest BCUT2D eigenvalue weighted by Crippen LogP contribution is 2.15. The maximum absolute atomic E-state index is 10.7. The van der Waals surface area contributed by atoms with E-state index in [0.717, 1.165) is 0 Å². The number of nitrogens with zero attached hydrogens (tertiary/aromatic N) is 1. The van der Waals surface area contributed by atoms with E-state index in [1.54, 1.807) is 25.9 Å². The lowest BCUT2D eigenvalue weighted by Crippen LogP contribution is -2.47. The van der Waals surface area contributed by atoms with Gasteiger partial charge < -0.3 is 5.11 Å². The number of aliphatic carboxylic acids is 1. The van der Waals surface area contributed by atoms with E-state index in [1.807, 2.05) is 6.92 Å². The fourth-order valence-electron chi connectivity index (χ4n) is 0.659. The second-order valence-corrected chi connectivity index (χ2v) is 2.83. The average Bonchev–Trinajstić information content (AvgIpc) is 1.85. The van der Waals surface area contributed by atoms with Gasteiger partial charge in [0.2, 0.25) is 0 Å². The van der Waals surface area contributed by atoms with Crippen molar-refractivity contribution in [2.24, 2.45) is 0 Å². The van der Waals surface area contributed by atoms with Crippen molar-refractivity contribution in [2.45, 2.75) is 25.8 Å². The number of rotatable bonds is 3. The molecule has 0 heterocycles. The molecule has 60 valence electrons. The quantitative estimate of drug-likeness (QED) is 0.638. The van der Waals surface area contributed by atoms with E-state index in [-0.39, 0.29) is 0 Å². The Hall–Kier alpha value is -0.570. The van der Waals surface area contributed by atoms with Gasteiger partial charge in [-0.3, -0.25) is 9.69 Å². The summed E-state index contributed by atoms with van der Waals surface area (Å²) in [4.78, 5) is 12.4. The molecule has 0 bridgehead atoms. The fourth-order valence-corrected chi connectivity index (χ4v) is 0.659. The zero-order valence-electron chi connectivity index (χ0n) is 7.01. The summed E-state index contributed by atoms with van der Waals surface area (Å²) in [5.41, 5.74) is -0.708. The molecule has 0 amide bonds. The van der Waals surface area contributed by atoms with Crippen LogP contribution >= 0.6 is 0 Å². The normalized spacial score (nSPS) is 16.9. The minimum Gasteiger partial charge on any atom is -0.480 e. The van der Waals surface area contributed by atoms with Gasteiger partial charge in [0, 0.05) is 0 Å². The molecule has 0 aliphatic heterocycles. The van der Waals surface area contributed by atoms with Crippen LogP contribution in [0.3, 0.4) is 0 Å². The lowest BCUT2D eigenvalue weighted by atomic mass is 9.98. The number of carboxylic acid groups (broad SMARTS) is 1. The van der Waals surface area contributed by atoms with E-state index in [1.165, 1.54) is 0 Å². The molecule has 0 aromatic rings. The van der Waals surface area contributed by atoms with Crippen molar-refractivity contribution in [1.82, 2.24) is 4.90 Å². The third-order valence-corrected chi connectivity index (χ3v) is 2.14. The summed E-state index contributed by atoms with van der Waals surface area (Å²) >= 11 is 0. The molecule has 0 aliphatic carbocycles. The summed E-state index contributed by atoms with van der Waals surface area (Å²) in [5, 5.41) is 8.76. The van der Waals surface area contributed by atoms with Crippen LogP contribution in [0.5, 0.6) is 0 Å². The highest BCUT2D eigenvalue weighted by Gasteiger charge is 2.32. The van der Waals surface area contributed by atoms with Crippen molar-refractivity contribution >= 4 is 5.97 Å². The summed E-state index contributed by atoms with van der Waals surface area (Å²) < 4.78 is 0. The second-order valence-electron chi connectivity index (χ2n) is 2.83. The zero-order chi connectivity index (χ0) is 8.36. The smallest absolute Gasteiger partial charge is 0.323 e. The number of hydrogen-bond donors (Lipinski definition) is 1. The molecule has 10 heavy (non-hydrogen) atoms. The largest absolute Gasteiger partial charge is 0.480 e. The summed E-state index contributed by atoms with van der Waals surface area (Å²) in [6, 6.07) is 0. The molecular weight excluding hydrogens is 130 g/mol. The fraction of sp³-hybridized carbons (Fsp3) is 0.857. The summed E-state index contributed by atoms with van der Waals surface area (Å²) in [6.07, 6.45) is 0.620. The van der Waals surface area contributed by atoms with E-state index < -0.39 is 11.5 Å². The van der Waals surface area contributed by atoms with Gasteiger partial charge in [0.05, 0.1) is 0 Å². The maximum Gasteiger partial charge on any atom is 0.323 e. The first kappa shape index (κ1) is 9.43. The molecule has 0 saturated heterocycles. The van der Waals surface area contributed by atoms with Gasteiger partial charge in [-0.15, -0.1) is 0 Å². The molecule has 1 N–H and O–H groups in total. The molecule has 0 aromatic carbocycles. The Morgan fingerprint density at radius 3 is 2.00 bits per heavy atom. The Labute approximate surface area is 61.6 Å². The van der Waals surface area contributed by atoms with Gasteiger partial charge in [0.25, 0.3) is 0 Å². The van der Waals surface area contributed by atoms with Crippen molar-refractivity contribution in [1.29, 1.82) is 0 Å². The highest BCUT2D eigenvalue weighted by molar-refractivity contribution is 5.78. The van der Waals surface area contributed by atoms with Crippen molar-refractivity contribution in [3.63, 3.8) is 0 Å². The van der Waals surface area contributed by atoms with Crippen LogP contribution in [0.25, 0.3) is 0 Å². The van der Waals surface area contributed by atoms with E-state index >= 15 is 0 Å². The van der Waals surface area contributed by atoms with Gasteiger partial charge in [-0.25, -0.2) is 0 Å². The van der Waals surface area contributed by atoms with Crippen LogP contribution in [0.15, 0.2) is 0 Å². The predicted octanol–water partition coefficient (Wildman–Crippen LogP) is 0.801. The molecule has 1 atom stereocenters. The minimum atomic E-state index is -0.764. The standard InChI is InChI=1S/C7H15NO2/c1-5-7(2,6(9)10)8(3)4/h5H2,1-4H3,(H,9,10). The monoisotopic (exact) mass is 145 g/mol. The first-order valence-electron chi connectivity index (χ1n) is 3.36. The maximum atomic E-state index is 10.7. The van der Waals surface area contributed by atoms with Gasteiger partial charge in [-0.1, -0.05) is 6.92 Å². The van der Waals surface area contributed by atoms with Crippen LogP contribution in [-0.4, -0.2) is 35.6 Å². The van der Waals surface area contributed by atoms with E-state index in [2.05, 4.69) is 0 Å². The summed E-state index contributed by atoms with van der Waals surface area (Å²) in [5.74, 6) is -0.764. The van der Waals surface area contributed by atoms with Crippen LogP contribution in [0.2, 0.25) is 0 Å². The Balaban J connectivity index is 4.38. The van der Waals surface area contributed by atoms with Crippen LogP contribution in [0.1, 0.15) is 20.3 Å². The molecule has 0 radical (unpaired) electrons. The Morgan fingerprint density at radius 1 is 1.60 bits per heavy atom. The molecule has 0 rings (SSSR count). The van der Waals surface area contributed by atoms with Crippen LogP contribution in [0, 0.1) is 0 Å². The molecule has 0 spiro atoms. The van der Waals surface area contributed by atoms with Gasteiger partial charge in [-0.05, 0) is 27.4 Å². The average molecular weight is 145 g/mol. The zero-order valence-corrected chi connectivity index (χ0v) is 7.01. The minimum absolute atomic E-state index is 0.620. The predicted molar refractivity (Wildman–Crippen MR) is 40.0 cm³/mol. The van der Waals surface area contributed by atoms with E-state index in [9.17, 15) is 4.79 Å². The Kier molecular flexibility index (Phi) is 2.84. The highest BCUT2D eigenvalue weighted by atomic mass is 16.4. The lowest BCUT2D eigenvalue weighted by Gasteiger charge is -2.30. The third-order valence-electron chi connectivity index (χ3n) is 2.14. The van der Waals surface area contributed by atoms with Gasteiger partial charge in [-0.2, -0.15) is 0 Å². The number of likely N-dealkylation sites (N-methyl/N-ethyl adjacent to an activating group) is 1. The van der Waals surface area contributed by atoms with Crippen molar-refractivity contribution in [3.05, 3.63) is 0 Å². The molecule has 1 unspecified atom stereocenters. The van der Waals surface area contributed by atoms with Crippen molar-refractivity contribution in [3.8, 4) is 0 Å². The van der Waals surface area contributed by atoms with Gasteiger partial charge in [0.1, 0.15) is 5.54 Å². The van der Waals surface area contributed by atoms with Gasteiger partial charge >= 0.3 is 5.97 Å². The number of carboxylic acids is 1. The van der Waals surface area contributed by atoms with Crippen LogP contribution in [0.4, 0.5) is 0 Å². The molecule has 0 saturated carbocycles. The van der Waals surface area contributed by atoms with Crippen molar-refractivity contribution < 1.29 is 9.90 Å². The number of carbonyl (C=O) groups is 1. The van der Waals surface area contributed by atoms with E-state index in [0.29, 0.717) is 6.42 Å². The first-order valence-corrected chi connectivity index (χ1v) is 3.36. The molecular formula is C7H15NO2. The molecule has 0 aromatic heterocycles. The van der Waals surface area contributed by atoms with Crippen LogP contribution < -0.4 is 0 Å². The van der Waals surface area contributed by atoms with Gasteiger partial charge in [0.15, 0.2) is 0 Å².